The van der Waals surface area contributed by atoms with Crippen LogP contribution in [0.5, 0.6) is 5.75 Å². The molecule has 1 heterocycles. The van der Waals surface area contributed by atoms with Crippen LogP contribution in [0.25, 0.3) is 0 Å². The molecule has 3 rings (SSSR count). The van der Waals surface area contributed by atoms with Gasteiger partial charge in [0.1, 0.15) is 17.5 Å². The van der Waals surface area contributed by atoms with Crippen LogP contribution in [0, 0.1) is 10.1 Å². The Bertz CT molecular complexity index is 1180. The molecule has 1 fully saturated rings. The van der Waals surface area contributed by atoms with Gasteiger partial charge in [-0.25, -0.2) is 8.42 Å². The summed E-state index contributed by atoms with van der Waals surface area (Å²) >= 11 is 0. The average Bonchev–Trinajstić information content (AvgIpc) is 2.86. The predicted octanol–water partition coefficient (Wildman–Crippen LogP) is 3.45. The first-order valence-electron chi connectivity index (χ1n) is 12.0. The lowest BCUT2D eigenvalue weighted by Gasteiger charge is -2.31. The van der Waals surface area contributed by atoms with E-state index < -0.39 is 26.9 Å². The lowest BCUT2D eigenvalue weighted by atomic mass is 10.0. The summed E-state index contributed by atoms with van der Waals surface area (Å²) in [6.45, 7) is 4.82. The third kappa shape index (κ3) is 6.73. The SMILES string of the molecule is CCC(C(=O)NCc1ccccc1CN1CCCCC1)N(c1cc([N+](=O)[O-])ccc1OC)S(C)(=O)=O. The standard InChI is InChI=1S/C25H34N4O6S/c1-4-22(28(36(3,33)34)23-16-21(29(31)32)12-13-24(23)35-2)25(30)26-17-19-10-6-7-11-20(19)18-27-14-8-5-9-15-27/h6-7,10-13,16,22H,4-5,8-9,14-15,17-18H2,1-3H3,(H,26,30). The monoisotopic (exact) mass is 518 g/mol. The summed E-state index contributed by atoms with van der Waals surface area (Å²) in [5, 5.41) is 14.2. The zero-order valence-corrected chi connectivity index (χ0v) is 21.8. The van der Waals surface area contributed by atoms with Gasteiger partial charge in [0.2, 0.25) is 15.9 Å². The van der Waals surface area contributed by atoms with Crippen molar-refractivity contribution in [2.45, 2.75) is 51.7 Å². The van der Waals surface area contributed by atoms with Crippen LogP contribution in [0.15, 0.2) is 42.5 Å². The Morgan fingerprint density at radius 3 is 2.42 bits per heavy atom. The number of non-ortho nitro benzene ring substituents is 1. The van der Waals surface area contributed by atoms with E-state index in [-0.39, 0.29) is 30.1 Å². The van der Waals surface area contributed by atoms with Crippen LogP contribution < -0.4 is 14.4 Å². The molecule has 11 heteroatoms. The minimum Gasteiger partial charge on any atom is -0.495 e. The molecule has 0 aromatic heterocycles. The number of carbonyl (C=O) groups is 1. The van der Waals surface area contributed by atoms with Crippen LogP contribution in [0.3, 0.4) is 0 Å². The van der Waals surface area contributed by atoms with Crippen LogP contribution in [0.1, 0.15) is 43.7 Å². The molecule has 0 saturated carbocycles. The highest BCUT2D eigenvalue weighted by molar-refractivity contribution is 7.92. The maximum absolute atomic E-state index is 13.3. The molecule has 1 saturated heterocycles. The first-order chi connectivity index (χ1) is 17.2. The van der Waals surface area contributed by atoms with Crippen molar-refractivity contribution in [3.05, 3.63) is 63.7 Å². The quantitative estimate of drug-likeness (QED) is 0.357. The van der Waals surface area contributed by atoms with Crippen molar-refractivity contribution in [2.24, 2.45) is 0 Å². The minimum atomic E-state index is -4.00. The molecule has 0 bridgehead atoms. The second kappa shape index (κ2) is 12.2. The van der Waals surface area contributed by atoms with E-state index in [1.807, 2.05) is 24.3 Å². The Balaban J connectivity index is 1.85. The number of nitro benzene ring substituents is 1. The molecule has 1 N–H and O–H groups in total. The number of amides is 1. The van der Waals surface area contributed by atoms with E-state index in [4.69, 9.17) is 4.74 Å². The summed E-state index contributed by atoms with van der Waals surface area (Å²) in [6.07, 6.45) is 4.73. The van der Waals surface area contributed by atoms with E-state index >= 15 is 0 Å². The highest BCUT2D eigenvalue weighted by Gasteiger charge is 2.34. The molecule has 0 radical (unpaired) electrons. The predicted molar refractivity (Wildman–Crippen MR) is 138 cm³/mol. The number of methoxy groups -OCH3 is 1. The maximum atomic E-state index is 13.3. The van der Waals surface area contributed by atoms with Crippen molar-refractivity contribution in [1.29, 1.82) is 0 Å². The summed E-state index contributed by atoms with van der Waals surface area (Å²) < 4.78 is 31.9. The summed E-state index contributed by atoms with van der Waals surface area (Å²) in [4.78, 5) is 26.5. The van der Waals surface area contributed by atoms with E-state index in [2.05, 4.69) is 10.2 Å². The summed E-state index contributed by atoms with van der Waals surface area (Å²) in [6, 6.07) is 10.4. The molecule has 1 atom stereocenters. The molecule has 1 aliphatic heterocycles. The Kier molecular flexibility index (Phi) is 9.27. The van der Waals surface area contributed by atoms with Crippen LogP contribution in [0.2, 0.25) is 0 Å². The summed E-state index contributed by atoms with van der Waals surface area (Å²) in [5.41, 5.74) is 1.72. The average molecular weight is 519 g/mol. The van der Waals surface area contributed by atoms with E-state index in [1.165, 1.54) is 38.5 Å². The molecule has 1 unspecified atom stereocenters. The highest BCUT2D eigenvalue weighted by Crippen LogP contribution is 2.35. The van der Waals surface area contributed by atoms with Crippen molar-refractivity contribution >= 4 is 27.3 Å². The Morgan fingerprint density at radius 2 is 1.83 bits per heavy atom. The van der Waals surface area contributed by atoms with Crippen LogP contribution in [-0.4, -0.2) is 56.6 Å². The summed E-state index contributed by atoms with van der Waals surface area (Å²) in [7, 11) is -2.66. The number of rotatable bonds is 11. The van der Waals surface area contributed by atoms with Gasteiger partial charge in [-0.1, -0.05) is 37.6 Å². The number of benzene rings is 2. The second-order valence-corrected chi connectivity index (χ2v) is 10.8. The maximum Gasteiger partial charge on any atom is 0.271 e. The van der Waals surface area contributed by atoms with Crippen LogP contribution in [0.4, 0.5) is 11.4 Å². The van der Waals surface area contributed by atoms with Gasteiger partial charge in [-0.05, 0) is 49.5 Å². The highest BCUT2D eigenvalue weighted by atomic mass is 32.2. The number of hydrogen-bond donors (Lipinski definition) is 1. The normalized spacial score (nSPS) is 15.2. The van der Waals surface area contributed by atoms with E-state index in [1.54, 1.807) is 6.92 Å². The largest absolute Gasteiger partial charge is 0.495 e. The molecule has 2 aromatic rings. The molecule has 0 aliphatic carbocycles. The number of piperidine rings is 1. The number of ether oxygens (including phenoxy) is 1. The molecule has 196 valence electrons. The second-order valence-electron chi connectivity index (χ2n) is 8.92. The fourth-order valence-corrected chi connectivity index (χ4v) is 5.75. The van der Waals surface area contributed by atoms with E-state index in [0.29, 0.717) is 0 Å². The zero-order valence-electron chi connectivity index (χ0n) is 21.0. The Morgan fingerprint density at radius 1 is 1.17 bits per heavy atom. The molecule has 1 amide bonds. The Hall–Kier alpha value is -3.18. The third-order valence-electron chi connectivity index (χ3n) is 6.35. The van der Waals surface area contributed by atoms with Crippen LogP contribution >= 0.6 is 0 Å². The van der Waals surface area contributed by atoms with Gasteiger partial charge in [0.05, 0.1) is 18.3 Å². The fourth-order valence-electron chi connectivity index (χ4n) is 4.54. The number of likely N-dealkylation sites (tertiary alicyclic amines) is 1. The van der Waals surface area contributed by atoms with Crippen molar-refractivity contribution in [2.75, 3.05) is 30.8 Å². The van der Waals surface area contributed by atoms with Gasteiger partial charge in [-0.15, -0.1) is 0 Å². The molecule has 36 heavy (non-hydrogen) atoms. The van der Waals surface area contributed by atoms with Gasteiger partial charge in [0.15, 0.2) is 0 Å². The lowest BCUT2D eigenvalue weighted by Crippen LogP contribution is -2.49. The number of nitrogens with one attached hydrogen (secondary N) is 1. The molecule has 2 aromatic carbocycles. The smallest absolute Gasteiger partial charge is 0.271 e. The third-order valence-corrected chi connectivity index (χ3v) is 7.52. The molecule has 0 spiro atoms. The van der Waals surface area contributed by atoms with Gasteiger partial charge < -0.3 is 10.1 Å². The molecular weight excluding hydrogens is 484 g/mol. The number of sulfonamides is 1. The van der Waals surface area contributed by atoms with Gasteiger partial charge in [-0.2, -0.15) is 0 Å². The van der Waals surface area contributed by atoms with Gasteiger partial charge in [-0.3, -0.25) is 24.1 Å². The van der Waals surface area contributed by atoms with Crippen molar-refractivity contribution in [1.82, 2.24) is 10.2 Å². The molecule has 10 nitrogen and oxygen atoms in total. The molecule has 1 aliphatic rings. The lowest BCUT2D eigenvalue weighted by molar-refractivity contribution is -0.384. The number of nitrogens with zero attached hydrogens (tertiary/aromatic N) is 3. The first-order valence-corrected chi connectivity index (χ1v) is 13.9. The van der Waals surface area contributed by atoms with Gasteiger partial charge >= 0.3 is 0 Å². The number of hydrogen-bond acceptors (Lipinski definition) is 7. The topological polar surface area (TPSA) is 122 Å². The first kappa shape index (κ1) is 27.4. The van der Waals surface area contributed by atoms with Crippen molar-refractivity contribution in [3.63, 3.8) is 0 Å². The number of carbonyl (C=O) groups excluding carboxylic acids is 1. The number of nitro groups is 1. The van der Waals surface area contributed by atoms with Crippen molar-refractivity contribution < 1.29 is 22.9 Å². The van der Waals surface area contributed by atoms with Gasteiger partial charge in [0, 0.05) is 25.2 Å². The zero-order chi connectivity index (χ0) is 26.3. The Labute approximate surface area is 212 Å². The molecular formula is C25H34N4O6S. The van der Waals surface area contributed by atoms with Crippen LogP contribution in [-0.2, 0) is 27.9 Å². The number of anilines is 1. The van der Waals surface area contributed by atoms with E-state index in [9.17, 15) is 23.3 Å². The van der Waals surface area contributed by atoms with Crippen molar-refractivity contribution in [3.8, 4) is 5.75 Å². The fraction of sp³-hybridized carbons (Fsp3) is 0.480. The summed E-state index contributed by atoms with van der Waals surface area (Å²) in [5.74, 6) is -0.381. The minimum absolute atomic E-state index is 0.0540. The van der Waals surface area contributed by atoms with E-state index in [0.717, 1.165) is 47.4 Å². The van der Waals surface area contributed by atoms with Gasteiger partial charge in [0.25, 0.3) is 5.69 Å².